The zero-order chi connectivity index (χ0) is 26.5. The molecule has 3 aromatic carbocycles. The van der Waals surface area contributed by atoms with E-state index in [0.717, 1.165) is 37.0 Å². The van der Waals surface area contributed by atoms with Crippen molar-refractivity contribution in [2.24, 2.45) is 0 Å². The van der Waals surface area contributed by atoms with Gasteiger partial charge in [0, 0.05) is 5.56 Å². The van der Waals surface area contributed by atoms with Gasteiger partial charge in [0.15, 0.2) is 0 Å². The number of hydrogen-bond acceptors (Lipinski definition) is 2. The van der Waals surface area contributed by atoms with E-state index in [9.17, 15) is 4.89 Å². The van der Waals surface area contributed by atoms with Crippen LogP contribution >= 0.6 is 9.03 Å². The van der Waals surface area contributed by atoms with Crippen LogP contribution in [0.1, 0.15) is 101 Å². The zero-order valence-electron chi connectivity index (χ0n) is 23.5. The van der Waals surface area contributed by atoms with Gasteiger partial charge in [-0.1, -0.05) is 115 Å². The monoisotopic (exact) mass is 518 g/mol. The Labute approximate surface area is 227 Å². The normalized spacial score (nSPS) is 11.5. The molecule has 0 bridgehead atoms. The molecular formula is C34H47O2P. The summed E-state index contributed by atoms with van der Waals surface area (Å²) in [5.41, 5.74) is 10.5. The quantitative estimate of drug-likeness (QED) is 0.151. The Morgan fingerprint density at radius 3 is 1.73 bits per heavy atom. The molecule has 0 aliphatic rings. The summed E-state index contributed by atoms with van der Waals surface area (Å²) in [5.74, 6) is 0.753. The number of benzene rings is 3. The van der Waals surface area contributed by atoms with Crippen molar-refractivity contribution in [2.75, 3.05) is 0 Å². The fourth-order valence-electron chi connectivity index (χ4n) is 5.42. The smallest absolute Gasteiger partial charge is 0.212 e. The molecule has 3 aromatic rings. The lowest BCUT2D eigenvalue weighted by molar-refractivity contribution is 0.515. The van der Waals surface area contributed by atoms with Crippen LogP contribution in [0.3, 0.4) is 0 Å². The van der Waals surface area contributed by atoms with Crippen molar-refractivity contribution in [1.82, 2.24) is 0 Å². The first-order valence-corrected chi connectivity index (χ1v) is 15.5. The van der Waals surface area contributed by atoms with Crippen molar-refractivity contribution in [3.05, 3.63) is 76.9 Å². The van der Waals surface area contributed by atoms with Gasteiger partial charge in [-0.25, -0.2) is 0 Å². The topological polar surface area (TPSA) is 29.5 Å². The zero-order valence-corrected chi connectivity index (χ0v) is 24.5. The van der Waals surface area contributed by atoms with Crippen LogP contribution in [0.5, 0.6) is 5.75 Å². The average Bonchev–Trinajstić information content (AvgIpc) is 2.93. The van der Waals surface area contributed by atoms with Gasteiger partial charge in [-0.2, -0.15) is 0 Å². The predicted octanol–water partition coefficient (Wildman–Crippen LogP) is 10.3. The molecule has 0 radical (unpaired) electrons. The third-order valence-electron chi connectivity index (χ3n) is 7.56. The number of rotatable bonds is 16. The van der Waals surface area contributed by atoms with E-state index in [4.69, 9.17) is 4.52 Å². The van der Waals surface area contributed by atoms with Gasteiger partial charge in [0.2, 0.25) is 9.03 Å². The Morgan fingerprint density at radius 1 is 0.622 bits per heavy atom. The van der Waals surface area contributed by atoms with Crippen molar-refractivity contribution in [3.8, 4) is 28.0 Å². The van der Waals surface area contributed by atoms with E-state index in [2.05, 4.69) is 76.2 Å². The van der Waals surface area contributed by atoms with Gasteiger partial charge in [0.05, 0.1) is 0 Å². The van der Waals surface area contributed by atoms with E-state index in [-0.39, 0.29) is 0 Å². The van der Waals surface area contributed by atoms with Crippen LogP contribution in [0.25, 0.3) is 22.3 Å². The second-order valence-corrected chi connectivity index (χ2v) is 10.6. The number of aryl methyl sites for hydroxylation is 4. The van der Waals surface area contributed by atoms with Gasteiger partial charge < -0.3 is 9.42 Å². The van der Waals surface area contributed by atoms with E-state index in [0.29, 0.717) is 0 Å². The molecule has 0 aromatic heterocycles. The summed E-state index contributed by atoms with van der Waals surface area (Å²) in [5, 5.41) is 0. The molecule has 37 heavy (non-hydrogen) atoms. The molecule has 0 fully saturated rings. The molecule has 1 N–H and O–H groups in total. The largest absolute Gasteiger partial charge is 0.449 e. The molecule has 2 nitrogen and oxygen atoms in total. The highest BCUT2D eigenvalue weighted by Crippen LogP contribution is 2.42. The Balaban J connectivity index is 2.06. The van der Waals surface area contributed by atoms with Crippen molar-refractivity contribution in [2.45, 2.75) is 105 Å². The van der Waals surface area contributed by atoms with E-state index in [1.54, 1.807) is 0 Å². The number of unbranched alkanes of at least 4 members (excludes halogenated alkanes) is 6. The first kappa shape index (κ1) is 29.4. The second-order valence-electron chi connectivity index (χ2n) is 10.2. The van der Waals surface area contributed by atoms with Crippen LogP contribution in [0.4, 0.5) is 0 Å². The minimum Gasteiger partial charge on any atom is -0.449 e. The van der Waals surface area contributed by atoms with Crippen molar-refractivity contribution >= 4 is 9.03 Å². The maximum Gasteiger partial charge on any atom is 0.212 e. The van der Waals surface area contributed by atoms with Crippen LogP contribution in [0.15, 0.2) is 54.6 Å². The maximum absolute atomic E-state index is 9.71. The van der Waals surface area contributed by atoms with Crippen LogP contribution in [0, 0.1) is 0 Å². The summed E-state index contributed by atoms with van der Waals surface area (Å²) in [7, 11) is -0.579. The molecule has 0 aliphatic carbocycles. The Hall–Kier alpha value is -2.15. The van der Waals surface area contributed by atoms with Crippen LogP contribution in [-0.2, 0) is 25.7 Å². The van der Waals surface area contributed by atoms with Crippen molar-refractivity contribution in [1.29, 1.82) is 0 Å². The molecule has 200 valence electrons. The molecule has 0 amide bonds. The summed E-state index contributed by atoms with van der Waals surface area (Å²) in [6.45, 7) is 9.04. The fraction of sp³-hybridized carbons (Fsp3) is 0.471. The summed E-state index contributed by atoms with van der Waals surface area (Å²) in [6, 6.07) is 20.2. The standard InChI is InChI=1S/C34H47O2P/c1-5-9-11-13-16-28-24-30(22-20-26(28)7-3)32-18-15-19-33(36-37-35)34(32)31-23-21-27(8-4)29(25-31)17-14-12-10-6-2/h15,18-25,35,37H,5-14,16-17H2,1-4H3. The van der Waals surface area contributed by atoms with Gasteiger partial charge in [-0.15, -0.1) is 0 Å². The summed E-state index contributed by atoms with van der Waals surface area (Å²) in [6.07, 6.45) is 14.5. The van der Waals surface area contributed by atoms with Crippen LogP contribution in [-0.4, -0.2) is 4.89 Å². The Kier molecular flexibility index (Phi) is 12.7. The molecule has 1 atom stereocenters. The summed E-state index contributed by atoms with van der Waals surface area (Å²) in [4.78, 5) is 9.71. The van der Waals surface area contributed by atoms with Gasteiger partial charge in [0.25, 0.3) is 0 Å². The highest BCUT2D eigenvalue weighted by Gasteiger charge is 2.16. The van der Waals surface area contributed by atoms with E-state index < -0.39 is 9.03 Å². The van der Waals surface area contributed by atoms with Gasteiger partial charge in [0.1, 0.15) is 5.75 Å². The predicted molar refractivity (Wildman–Crippen MR) is 163 cm³/mol. The molecule has 0 spiro atoms. The highest BCUT2D eigenvalue weighted by molar-refractivity contribution is 7.25. The molecule has 0 saturated heterocycles. The van der Waals surface area contributed by atoms with Gasteiger partial charge in [-0.3, -0.25) is 0 Å². The average molecular weight is 519 g/mol. The van der Waals surface area contributed by atoms with Gasteiger partial charge >= 0.3 is 0 Å². The van der Waals surface area contributed by atoms with Crippen molar-refractivity contribution < 1.29 is 9.42 Å². The third-order valence-corrected chi connectivity index (χ3v) is 7.87. The summed E-state index contributed by atoms with van der Waals surface area (Å²) >= 11 is 0. The highest BCUT2D eigenvalue weighted by atomic mass is 31.1. The van der Waals surface area contributed by atoms with E-state index in [1.165, 1.54) is 90.3 Å². The first-order valence-electron chi connectivity index (χ1n) is 14.6. The van der Waals surface area contributed by atoms with Crippen LogP contribution < -0.4 is 4.52 Å². The lowest BCUT2D eigenvalue weighted by Crippen LogP contribution is -1.98. The lowest BCUT2D eigenvalue weighted by Gasteiger charge is -2.18. The molecule has 1 unspecified atom stereocenters. The minimum atomic E-state index is -0.579. The minimum absolute atomic E-state index is 0.579. The number of hydrogen-bond donors (Lipinski definition) is 1. The van der Waals surface area contributed by atoms with Gasteiger partial charge in [-0.05, 0) is 83.5 Å². The van der Waals surface area contributed by atoms with E-state index >= 15 is 0 Å². The molecular weight excluding hydrogens is 471 g/mol. The SMILES string of the molecule is CCCCCCc1cc(-c2cccc(OPO)c2-c2ccc(CC)c(CCCCCC)c2)ccc1CC. The van der Waals surface area contributed by atoms with Crippen LogP contribution in [0.2, 0.25) is 0 Å². The second kappa shape index (κ2) is 16.0. The van der Waals surface area contributed by atoms with Crippen molar-refractivity contribution in [3.63, 3.8) is 0 Å². The fourth-order valence-corrected chi connectivity index (χ4v) is 5.69. The third kappa shape index (κ3) is 8.17. The maximum atomic E-state index is 9.71. The lowest BCUT2D eigenvalue weighted by atomic mass is 9.88. The molecule has 3 rings (SSSR count). The molecule has 0 saturated carbocycles. The first-order chi connectivity index (χ1) is 18.2. The molecule has 0 aliphatic heterocycles. The summed E-state index contributed by atoms with van der Waals surface area (Å²) < 4.78 is 5.81. The Morgan fingerprint density at radius 2 is 1.19 bits per heavy atom. The van der Waals surface area contributed by atoms with E-state index in [1.807, 2.05) is 6.07 Å². The molecule has 3 heteroatoms. The molecule has 0 heterocycles. The Bertz CT molecular complexity index is 1100.